The number of hydrogen-bond acceptors (Lipinski definition) is 3. The largest absolute Gasteiger partial charge is 0.480 e. The molecule has 1 aliphatic rings. The molecule has 22 heavy (non-hydrogen) atoms. The van der Waals surface area contributed by atoms with Crippen LogP contribution < -0.4 is 0 Å². The molecular weight excluding hydrogens is 276 g/mol. The maximum absolute atomic E-state index is 10.9. The van der Waals surface area contributed by atoms with E-state index in [1.165, 1.54) is 11.1 Å². The Morgan fingerprint density at radius 1 is 1.18 bits per heavy atom. The molecule has 122 valence electrons. The van der Waals surface area contributed by atoms with Crippen LogP contribution in [0.15, 0.2) is 24.3 Å². The van der Waals surface area contributed by atoms with E-state index in [2.05, 4.69) is 41.0 Å². The molecule has 0 saturated carbocycles. The summed E-state index contributed by atoms with van der Waals surface area (Å²) >= 11 is 0. The van der Waals surface area contributed by atoms with Crippen LogP contribution in [0.3, 0.4) is 0 Å². The summed E-state index contributed by atoms with van der Waals surface area (Å²) < 4.78 is 0. The maximum Gasteiger partial charge on any atom is 0.317 e. The Labute approximate surface area is 133 Å². The Kier molecular flexibility index (Phi) is 6.40. The fraction of sp³-hybridized carbons (Fsp3) is 0.611. The minimum Gasteiger partial charge on any atom is -0.480 e. The summed E-state index contributed by atoms with van der Waals surface area (Å²) in [5, 5.41) is 8.98. The zero-order valence-corrected chi connectivity index (χ0v) is 13.8. The first-order chi connectivity index (χ1) is 10.6. The van der Waals surface area contributed by atoms with Gasteiger partial charge in [0, 0.05) is 12.6 Å². The number of likely N-dealkylation sites (tertiary alicyclic amines) is 1. The fourth-order valence-corrected chi connectivity index (χ4v) is 3.25. The molecule has 4 nitrogen and oxygen atoms in total. The second kappa shape index (κ2) is 8.30. The van der Waals surface area contributed by atoms with E-state index >= 15 is 0 Å². The van der Waals surface area contributed by atoms with Gasteiger partial charge in [0.1, 0.15) is 0 Å². The standard InChI is InChI=1S/C18H28N2O2/c1-3-15-5-7-16(8-6-15)13-19-11-9-17(10-12-19)20(4-2)14-18(21)22/h5-8,17H,3-4,9-14H2,1-2H3,(H,21,22). The molecule has 1 fully saturated rings. The Morgan fingerprint density at radius 2 is 1.77 bits per heavy atom. The molecule has 1 heterocycles. The first kappa shape index (κ1) is 17.0. The number of rotatable bonds is 7. The van der Waals surface area contributed by atoms with Crippen molar-refractivity contribution in [1.29, 1.82) is 0 Å². The van der Waals surface area contributed by atoms with Crippen molar-refractivity contribution >= 4 is 5.97 Å². The van der Waals surface area contributed by atoms with Gasteiger partial charge in [-0.15, -0.1) is 0 Å². The van der Waals surface area contributed by atoms with Crippen molar-refractivity contribution in [3.63, 3.8) is 0 Å². The zero-order valence-electron chi connectivity index (χ0n) is 13.8. The van der Waals surface area contributed by atoms with Gasteiger partial charge in [0.2, 0.25) is 0 Å². The van der Waals surface area contributed by atoms with Gasteiger partial charge in [-0.2, -0.15) is 0 Å². The Morgan fingerprint density at radius 3 is 2.27 bits per heavy atom. The van der Waals surface area contributed by atoms with Crippen LogP contribution in [-0.4, -0.2) is 53.1 Å². The van der Waals surface area contributed by atoms with E-state index in [0.717, 1.165) is 45.4 Å². The van der Waals surface area contributed by atoms with Gasteiger partial charge < -0.3 is 5.11 Å². The van der Waals surface area contributed by atoms with Crippen LogP contribution in [0.4, 0.5) is 0 Å². The van der Waals surface area contributed by atoms with Crippen molar-refractivity contribution in [3.05, 3.63) is 35.4 Å². The lowest BCUT2D eigenvalue weighted by molar-refractivity contribution is -0.139. The van der Waals surface area contributed by atoms with Crippen molar-refractivity contribution in [3.8, 4) is 0 Å². The van der Waals surface area contributed by atoms with E-state index in [9.17, 15) is 4.79 Å². The van der Waals surface area contributed by atoms with Crippen molar-refractivity contribution in [2.75, 3.05) is 26.2 Å². The van der Waals surface area contributed by atoms with Crippen LogP contribution in [-0.2, 0) is 17.8 Å². The third-order valence-corrected chi connectivity index (χ3v) is 4.66. The lowest BCUT2D eigenvalue weighted by Gasteiger charge is -2.37. The highest BCUT2D eigenvalue weighted by Gasteiger charge is 2.24. The molecule has 0 amide bonds. The van der Waals surface area contributed by atoms with Gasteiger partial charge in [0.15, 0.2) is 0 Å². The van der Waals surface area contributed by atoms with Crippen LogP contribution >= 0.6 is 0 Å². The normalized spacial score (nSPS) is 17.0. The number of nitrogens with zero attached hydrogens (tertiary/aromatic N) is 2. The van der Waals surface area contributed by atoms with Crippen molar-refractivity contribution in [1.82, 2.24) is 9.80 Å². The number of hydrogen-bond donors (Lipinski definition) is 1. The summed E-state index contributed by atoms with van der Waals surface area (Å²) in [6, 6.07) is 9.31. The van der Waals surface area contributed by atoms with Gasteiger partial charge in [-0.25, -0.2) is 0 Å². The van der Waals surface area contributed by atoms with Gasteiger partial charge in [-0.05, 0) is 50.0 Å². The monoisotopic (exact) mass is 304 g/mol. The molecule has 1 saturated heterocycles. The quantitative estimate of drug-likeness (QED) is 0.841. The number of aliphatic carboxylic acids is 1. The number of aryl methyl sites for hydroxylation is 1. The molecule has 0 unspecified atom stereocenters. The first-order valence-corrected chi connectivity index (χ1v) is 8.38. The summed E-state index contributed by atoms with van der Waals surface area (Å²) in [7, 11) is 0. The minimum absolute atomic E-state index is 0.166. The molecule has 0 atom stereocenters. The van der Waals surface area contributed by atoms with Crippen LogP contribution in [0.5, 0.6) is 0 Å². The van der Waals surface area contributed by atoms with Gasteiger partial charge in [-0.1, -0.05) is 38.1 Å². The van der Waals surface area contributed by atoms with Gasteiger partial charge in [-0.3, -0.25) is 14.6 Å². The van der Waals surface area contributed by atoms with Crippen LogP contribution in [0.25, 0.3) is 0 Å². The average Bonchev–Trinajstić information content (AvgIpc) is 2.54. The SMILES string of the molecule is CCc1ccc(CN2CCC(N(CC)CC(=O)O)CC2)cc1. The van der Waals surface area contributed by atoms with E-state index in [1.807, 2.05) is 6.92 Å². The van der Waals surface area contributed by atoms with Gasteiger partial charge in [0.05, 0.1) is 6.54 Å². The first-order valence-electron chi connectivity index (χ1n) is 8.38. The van der Waals surface area contributed by atoms with Crippen LogP contribution in [0.1, 0.15) is 37.8 Å². The molecule has 1 aromatic rings. The number of carboxylic acids is 1. The molecule has 0 radical (unpaired) electrons. The molecule has 1 N–H and O–H groups in total. The number of benzene rings is 1. The van der Waals surface area contributed by atoms with Crippen LogP contribution in [0.2, 0.25) is 0 Å². The second-order valence-electron chi connectivity index (χ2n) is 6.13. The highest BCUT2D eigenvalue weighted by atomic mass is 16.4. The molecule has 1 aromatic carbocycles. The number of carboxylic acid groups (broad SMARTS) is 1. The zero-order chi connectivity index (χ0) is 15.9. The maximum atomic E-state index is 10.9. The van der Waals surface area contributed by atoms with E-state index in [4.69, 9.17) is 5.11 Å². The highest BCUT2D eigenvalue weighted by Crippen LogP contribution is 2.18. The van der Waals surface area contributed by atoms with Gasteiger partial charge in [0.25, 0.3) is 0 Å². The predicted molar refractivity (Wildman–Crippen MR) is 89.0 cm³/mol. The van der Waals surface area contributed by atoms with Crippen molar-refractivity contribution in [2.45, 2.75) is 45.7 Å². The van der Waals surface area contributed by atoms with Gasteiger partial charge >= 0.3 is 5.97 Å². The topological polar surface area (TPSA) is 43.8 Å². The summed E-state index contributed by atoms with van der Waals surface area (Å²) in [4.78, 5) is 15.5. The number of likely N-dealkylation sites (N-methyl/N-ethyl adjacent to an activating group) is 1. The average molecular weight is 304 g/mol. The van der Waals surface area contributed by atoms with E-state index < -0.39 is 5.97 Å². The molecule has 0 aromatic heterocycles. The van der Waals surface area contributed by atoms with E-state index in [-0.39, 0.29) is 6.54 Å². The van der Waals surface area contributed by atoms with Crippen LogP contribution in [0, 0.1) is 0 Å². The Bertz CT molecular complexity index is 464. The molecule has 0 bridgehead atoms. The summed E-state index contributed by atoms with van der Waals surface area (Å²) in [5.74, 6) is -0.722. The third kappa shape index (κ3) is 4.82. The summed E-state index contributed by atoms with van der Waals surface area (Å²) in [6.45, 7) is 8.31. The molecule has 4 heteroatoms. The van der Waals surface area contributed by atoms with E-state index in [1.54, 1.807) is 0 Å². The van der Waals surface area contributed by atoms with E-state index in [0.29, 0.717) is 6.04 Å². The molecule has 0 spiro atoms. The number of piperidine rings is 1. The molecular formula is C18H28N2O2. The van der Waals surface area contributed by atoms with Crippen molar-refractivity contribution in [2.24, 2.45) is 0 Å². The molecule has 1 aliphatic heterocycles. The third-order valence-electron chi connectivity index (χ3n) is 4.66. The summed E-state index contributed by atoms with van der Waals surface area (Å²) in [6.07, 6.45) is 3.21. The Hall–Kier alpha value is -1.39. The molecule has 2 rings (SSSR count). The lowest BCUT2D eigenvalue weighted by Crippen LogP contribution is -2.46. The molecule has 0 aliphatic carbocycles. The highest BCUT2D eigenvalue weighted by molar-refractivity contribution is 5.69. The number of carbonyl (C=O) groups is 1. The summed E-state index contributed by atoms with van der Waals surface area (Å²) in [5.41, 5.74) is 2.75. The smallest absolute Gasteiger partial charge is 0.317 e. The predicted octanol–water partition coefficient (Wildman–Crippen LogP) is 2.62. The lowest BCUT2D eigenvalue weighted by atomic mass is 10.0. The Balaban J connectivity index is 1.82. The second-order valence-corrected chi connectivity index (χ2v) is 6.13. The van der Waals surface area contributed by atoms with Crippen molar-refractivity contribution < 1.29 is 9.90 Å². The fourth-order valence-electron chi connectivity index (χ4n) is 3.25. The minimum atomic E-state index is -0.722.